The van der Waals surface area contributed by atoms with E-state index >= 15 is 0 Å². The van der Waals surface area contributed by atoms with Crippen LogP contribution in [0.25, 0.3) is 10.8 Å². The van der Waals surface area contributed by atoms with E-state index < -0.39 is 0 Å². The molecule has 1 amide bonds. The van der Waals surface area contributed by atoms with Gasteiger partial charge in [0, 0.05) is 40.8 Å². The number of carbonyl (C=O) groups is 1. The normalized spacial score (nSPS) is 14.3. The van der Waals surface area contributed by atoms with Crippen molar-refractivity contribution in [1.82, 2.24) is 9.88 Å². The van der Waals surface area contributed by atoms with Crippen LogP contribution in [-0.2, 0) is 0 Å². The Morgan fingerprint density at radius 1 is 1.07 bits per heavy atom. The molecule has 1 aliphatic heterocycles. The number of amides is 1. The zero-order chi connectivity index (χ0) is 19.7. The van der Waals surface area contributed by atoms with Gasteiger partial charge in [0.1, 0.15) is 5.82 Å². The molecule has 1 fully saturated rings. The maximum Gasteiger partial charge on any atom is 0.256 e. The molecular weight excluding hydrogens is 370 g/mol. The fourth-order valence-electron chi connectivity index (χ4n) is 3.82. The highest BCUT2D eigenvalue weighted by molar-refractivity contribution is 6.31. The molecule has 1 aliphatic rings. The lowest BCUT2D eigenvalue weighted by atomic mass is 10.00. The van der Waals surface area contributed by atoms with Gasteiger partial charge in [0.25, 0.3) is 5.91 Å². The Bertz CT molecular complexity index is 1040. The van der Waals surface area contributed by atoms with Crippen molar-refractivity contribution in [2.75, 3.05) is 18.4 Å². The Balaban J connectivity index is 1.76. The number of pyridine rings is 1. The summed E-state index contributed by atoms with van der Waals surface area (Å²) in [6.45, 7) is 5.67. The molecule has 0 radical (unpaired) electrons. The Morgan fingerprint density at radius 2 is 1.86 bits per heavy atom. The van der Waals surface area contributed by atoms with Gasteiger partial charge >= 0.3 is 0 Å². The number of anilines is 2. The molecule has 0 bridgehead atoms. The van der Waals surface area contributed by atoms with Gasteiger partial charge in [-0.1, -0.05) is 35.9 Å². The predicted molar refractivity (Wildman–Crippen MR) is 116 cm³/mol. The summed E-state index contributed by atoms with van der Waals surface area (Å²) in [5.74, 6) is 0.810. The summed E-state index contributed by atoms with van der Waals surface area (Å²) in [6.07, 6.45) is 5.06. The van der Waals surface area contributed by atoms with E-state index in [1.165, 1.54) is 6.42 Å². The van der Waals surface area contributed by atoms with Crippen LogP contribution in [0.15, 0.2) is 42.6 Å². The van der Waals surface area contributed by atoms with Gasteiger partial charge in [0.15, 0.2) is 0 Å². The number of benzene rings is 2. The first kappa shape index (κ1) is 18.8. The maximum absolute atomic E-state index is 13.2. The van der Waals surface area contributed by atoms with Gasteiger partial charge in [-0.3, -0.25) is 4.79 Å². The molecule has 2 aromatic carbocycles. The van der Waals surface area contributed by atoms with Crippen molar-refractivity contribution in [2.45, 2.75) is 33.1 Å². The van der Waals surface area contributed by atoms with Crippen LogP contribution in [0.2, 0.25) is 5.02 Å². The fraction of sp³-hybridized carbons (Fsp3) is 0.304. The lowest BCUT2D eigenvalue weighted by Crippen LogP contribution is -2.35. The third-order valence-electron chi connectivity index (χ3n) is 5.43. The SMILES string of the molecule is Cc1ccc(Nc2ncc(C(=O)N3CCCCC3)c3c(C)cccc23)cc1Cl. The summed E-state index contributed by atoms with van der Waals surface area (Å²) in [4.78, 5) is 19.7. The first-order valence-corrected chi connectivity index (χ1v) is 10.1. The summed E-state index contributed by atoms with van der Waals surface area (Å²) in [7, 11) is 0. The lowest BCUT2D eigenvalue weighted by Gasteiger charge is -2.27. The highest BCUT2D eigenvalue weighted by Crippen LogP contribution is 2.31. The van der Waals surface area contributed by atoms with E-state index in [4.69, 9.17) is 11.6 Å². The number of hydrogen-bond donors (Lipinski definition) is 1. The molecule has 1 aromatic heterocycles. The van der Waals surface area contributed by atoms with E-state index in [1.807, 2.05) is 55.1 Å². The van der Waals surface area contributed by atoms with Gasteiger partial charge in [-0.25, -0.2) is 4.98 Å². The van der Waals surface area contributed by atoms with E-state index in [-0.39, 0.29) is 5.91 Å². The Labute approximate surface area is 170 Å². The van der Waals surface area contributed by atoms with E-state index in [2.05, 4.69) is 10.3 Å². The van der Waals surface area contributed by atoms with Gasteiger partial charge in [0.2, 0.25) is 0 Å². The van der Waals surface area contributed by atoms with E-state index in [9.17, 15) is 4.79 Å². The summed E-state index contributed by atoms with van der Waals surface area (Å²) in [6, 6.07) is 11.9. The molecule has 4 rings (SSSR count). The summed E-state index contributed by atoms with van der Waals surface area (Å²) < 4.78 is 0. The highest BCUT2D eigenvalue weighted by atomic mass is 35.5. The predicted octanol–water partition coefficient (Wildman–Crippen LogP) is 5.87. The molecule has 3 aromatic rings. The molecule has 1 N–H and O–H groups in total. The quantitative estimate of drug-likeness (QED) is 0.604. The van der Waals surface area contributed by atoms with Gasteiger partial charge in [0.05, 0.1) is 5.56 Å². The first-order valence-electron chi connectivity index (χ1n) is 9.75. The van der Waals surface area contributed by atoms with Gasteiger partial charge in [-0.15, -0.1) is 0 Å². The zero-order valence-electron chi connectivity index (χ0n) is 16.3. The number of nitrogens with zero attached hydrogens (tertiary/aromatic N) is 2. The first-order chi connectivity index (χ1) is 13.5. The van der Waals surface area contributed by atoms with E-state index in [1.54, 1.807) is 6.20 Å². The fourth-order valence-corrected chi connectivity index (χ4v) is 4.00. The number of halogens is 1. The second kappa shape index (κ2) is 7.80. The largest absolute Gasteiger partial charge is 0.340 e. The molecule has 0 saturated carbocycles. The number of aryl methyl sites for hydroxylation is 2. The summed E-state index contributed by atoms with van der Waals surface area (Å²) in [5.41, 5.74) is 3.66. The van der Waals surface area contributed by atoms with Crippen LogP contribution in [0.1, 0.15) is 40.7 Å². The molecule has 144 valence electrons. The van der Waals surface area contributed by atoms with Gasteiger partial charge < -0.3 is 10.2 Å². The third-order valence-corrected chi connectivity index (χ3v) is 5.84. The second-order valence-electron chi connectivity index (χ2n) is 7.46. The minimum Gasteiger partial charge on any atom is -0.340 e. The molecule has 0 atom stereocenters. The number of rotatable bonds is 3. The monoisotopic (exact) mass is 393 g/mol. The van der Waals surface area contributed by atoms with Gasteiger partial charge in [-0.05, 0) is 56.4 Å². The highest BCUT2D eigenvalue weighted by Gasteiger charge is 2.22. The van der Waals surface area contributed by atoms with Crippen molar-refractivity contribution in [3.63, 3.8) is 0 Å². The number of aromatic nitrogens is 1. The van der Waals surface area contributed by atoms with Gasteiger partial charge in [-0.2, -0.15) is 0 Å². The van der Waals surface area contributed by atoms with Crippen LogP contribution in [-0.4, -0.2) is 28.9 Å². The molecule has 2 heterocycles. The second-order valence-corrected chi connectivity index (χ2v) is 7.87. The molecule has 0 unspecified atom stereocenters. The zero-order valence-corrected chi connectivity index (χ0v) is 17.0. The summed E-state index contributed by atoms with van der Waals surface area (Å²) in [5, 5.41) is 5.99. The van der Waals surface area contributed by atoms with Crippen LogP contribution in [0.3, 0.4) is 0 Å². The number of piperidine rings is 1. The average Bonchev–Trinajstić information content (AvgIpc) is 2.71. The van der Waals surface area contributed by atoms with Crippen molar-refractivity contribution < 1.29 is 4.79 Å². The van der Waals surface area contributed by atoms with Crippen molar-refractivity contribution >= 4 is 39.8 Å². The van der Waals surface area contributed by atoms with Crippen LogP contribution in [0.5, 0.6) is 0 Å². The van der Waals surface area contributed by atoms with Crippen molar-refractivity contribution in [3.05, 3.63) is 64.3 Å². The molecule has 0 aliphatic carbocycles. The standard InChI is InChI=1S/C23H24ClN3O/c1-15-9-10-17(13-20(15)24)26-22-18-8-6-7-16(2)21(18)19(14-25-22)23(28)27-11-4-3-5-12-27/h6-10,13-14H,3-5,11-12H2,1-2H3,(H,25,26). The number of likely N-dealkylation sites (tertiary alicyclic amines) is 1. The van der Waals surface area contributed by atoms with Crippen molar-refractivity contribution in [3.8, 4) is 0 Å². The average molecular weight is 394 g/mol. The topological polar surface area (TPSA) is 45.2 Å². The number of fused-ring (bicyclic) bond motifs is 1. The number of nitrogens with one attached hydrogen (secondary N) is 1. The van der Waals surface area contributed by atoms with Crippen LogP contribution in [0.4, 0.5) is 11.5 Å². The summed E-state index contributed by atoms with van der Waals surface area (Å²) >= 11 is 6.27. The lowest BCUT2D eigenvalue weighted by molar-refractivity contribution is 0.0726. The molecule has 4 nitrogen and oxygen atoms in total. The van der Waals surface area contributed by atoms with E-state index in [0.29, 0.717) is 10.6 Å². The number of carbonyl (C=O) groups excluding carboxylic acids is 1. The molecular formula is C23H24ClN3O. The van der Waals surface area contributed by atoms with E-state index in [0.717, 1.165) is 59.3 Å². The molecule has 5 heteroatoms. The molecule has 0 spiro atoms. The van der Waals surface area contributed by atoms with Crippen LogP contribution >= 0.6 is 11.6 Å². The van der Waals surface area contributed by atoms with Crippen LogP contribution < -0.4 is 5.32 Å². The smallest absolute Gasteiger partial charge is 0.256 e. The minimum absolute atomic E-state index is 0.0800. The molecule has 28 heavy (non-hydrogen) atoms. The van der Waals surface area contributed by atoms with Crippen molar-refractivity contribution in [2.24, 2.45) is 0 Å². The Morgan fingerprint density at radius 3 is 2.61 bits per heavy atom. The van der Waals surface area contributed by atoms with Crippen LogP contribution in [0, 0.1) is 13.8 Å². The number of hydrogen-bond acceptors (Lipinski definition) is 3. The van der Waals surface area contributed by atoms with Crippen molar-refractivity contribution in [1.29, 1.82) is 0 Å². The minimum atomic E-state index is 0.0800. The maximum atomic E-state index is 13.2. The Hall–Kier alpha value is -2.59. The molecule has 1 saturated heterocycles. The Kier molecular flexibility index (Phi) is 5.23. The third kappa shape index (κ3) is 3.57.